The number of hydrogen-bond donors (Lipinski definition) is 1. The molecule has 2 unspecified atom stereocenters. The number of aromatic nitrogens is 2. The SMILES string of the molecule is CNC1CCCC1n1nc(C)cc1C. The second-order valence-electron chi connectivity index (χ2n) is 4.27. The maximum Gasteiger partial charge on any atom is 0.0675 e. The third kappa shape index (κ3) is 1.57. The summed E-state index contributed by atoms with van der Waals surface area (Å²) in [7, 11) is 2.05. The molecule has 1 fully saturated rings. The van der Waals surface area contributed by atoms with Crippen LogP contribution >= 0.6 is 0 Å². The Labute approximate surface area is 85.5 Å². The first-order valence-electron chi connectivity index (χ1n) is 5.42. The summed E-state index contributed by atoms with van der Waals surface area (Å²) >= 11 is 0. The summed E-state index contributed by atoms with van der Waals surface area (Å²) in [6.45, 7) is 4.21. The van der Waals surface area contributed by atoms with Crippen LogP contribution in [0, 0.1) is 13.8 Å². The average Bonchev–Trinajstić information content (AvgIpc) is 2.71. The van der Waals surface area contributed by atoms with Gasteiger partial charge in [0.25, 0.3) is 0 Å². The molecule has 1 aromatic heterocycles. The molecular weight excluding hydrogens is 174 g/mol. The molecule has 1 saturated carbocycles. The van der Waals surface area contributed by atoms with Crippen molar-refractivity contribution in [3.05, 3.63) is 17.5 Å². The van der Waals surface area contributed by atoms with Crippen molar-refractivity contribution in [1.29, 1.82) is 0 Å². The van der Waals surface area contributed by atoms with Crippen molar-refractivity contribution in [2.45, 2.75) is 45.2 Å². The Morgan fingerprint density at radius 3 is 2.79 bits per heavy atom. The lowest BCUT2D eigenvalue weighted by molar-refractivity contribution is 0.376. The van der Waals surface area contributed by atoms with Gasteiger partial charge in [-0.2, -0.15) is 5.10 Å². The van der Waals surface area contributed by atoms with Crippen LogP contribution in [-0.2, 0) is 0 Å². The fraction of sp³-hybridized carbons (Fsp3) is 0.727. The molecule has 1 heterocycles. The molecule has 3 nitrogen and oxygen atoms in total. The van der Waals surface area contributed by atoms with E-state index in [1.54, 1.807) is 0 Å². The highest BCUT2D eigenvalue weighted by Crippen LogP contribution is 2.30. The topological polar surface area (TPSA) is 29.9 Å². The minimum Gasteiger partial charge on any atom is -0.315 e. The van der Waals surface area contributed by atoms with Gasteiger partial charge in [0.15, 0.2) is 0 Å². The van der Waals surface area contributed by atoms with E-state index in [1.807, 2.05) is 0 Å². The summed E-state index contributed by atoms with van der Waals surface area (Å²) in [6, 6.07) is 3.33. The quantitative estimate of drug-likeness (QED) is 0.776. The Hall–Kier alpha value is -0.830. The lowest BCUT2D eigenvalue weighted by atomic mass is 10.2. The smallest absolute Gasteiger partial charge is 0.0675 e. The van der Waals surface area contributed by atoms with Crippen LogP contribution < -0.4 is 5.32 Å². The van der Waals surface area contributed by atoms with Crippen LogP contribution in [-0.4, -0.2) is 22.9 Å². The number of rotatable bonds is 2. The predicted octanol–water partition coefficient (Wildman–Crippen LogP) is 1.81. The maximum absolute atomic E-state index is 4.57. The average molecular weight is 193 g/mol. The largest absolute Gasteiger partial charge is 0.315 e. The summed E-state index contributed by atoms with van der Waals surface area (Å²) in [5.74, 6) is 0. The Morgan fingerprint density at radius 1 is 1.43 bits per heavy atom. The zero-order valence-corrected chi connectivity index (χ0v) is 9.25. The van der Waals surface area contributed by atoms with E-state index in [2.05, 4.69) is 42.1 Å². The molecule has 2 rings (SSSR count). The second-order valence-corrected chi connectivity index (χ2v) is 4.27. The van der Waals surface area contributed by atoms with Crippen molar-refractivity contribution in [1.82, 2.24) is 15.1 Å². The van der Waals surface area contributed by atoms with E-state index in [0.717, 1.165) is 5.69 Å². The summed E-state index contributed by atoms with van der Waals surface area (Å²) < 4.78 is 2.20. The van der Waals surface area contributed by atoms with Crippen molar-refractivity contribution in [2.24, 2.45) is 0 Å². The Bertz CT molecular complexity index is 316. The highest BCUT2D eigenvalue weighted by Gasteiger charge is 2.28. The van der Waals surface area contributed by atoms with Crippen molar-refractivity contribution in [2.75, 3.05) is 7.05 Å². The minimum absolute atomic E-state index is 0.564. The van der Waals surface area contributed by atoms with Gasteiger partial charge in [-0.25, -0.2) is 0 Å². The molecule has 0 bridgehead atoms. The zero-order chi connectivity index (χ0) is 10.1. The van der Waals surface area contributed by atoms with E-state index in [9.17, 15) is 0 Å². The number of hydrogen-bond acceptors (Lipinski definition) is 2. The van der Waals surface area contributed by atoms with Crippen LogP contribution in [0.15, 0.2) is 6.07 Å². The molecule has 14 heavy (non-hydrogen) atoms. The van der Waals surface area contributed by atoms with Gasteiger partial charge in [0.05, 0.1) is 11.7 Å². The van der Waals surface area contributed by atoms with E-state index >= 15 is 0 Å². The van der Waals surface area contributed by atoms with Crippen LogP contribution in [0.25, 0.3) is 0 Å². The van der Waals surface area contributed by atoms with Crippen molar-refractivity contribution < 1.29 is 0 Å². The predicted molar refractivity (Wildman–Crippen MR) is 57.4 cm³/mol. The summed E-state index contributed by atoms with van der Waals surface area (Å²) in [5.41, 5.74) is 2.42. The Kier molecular flexibility index (Phi) is 2.59. The molecule has 2 atom stereocenters. The first-order chi connectivity index (χ1) is 6.72. The molecule has 0 aliphatic heterocycles. The van der Waals surface area contributed by atoms with Gasteiger partial charge in [0.2, 0.25) is 0 Å². The second kappa shape index (κ2) is 3.73. The molecule has 0 saturated heterocycles. The van der Waals surface area contributed by atoms with E-state index in [0.29, 0.717) is 12.1 Å². The fourth-order valence-electron chi connectivity index (χ4n) is 2.55. The molecule has 1 aliphatic rings. The molecule has 0 amide bonds. The van der Waals surface area contributed by atoms with Gasteiger partial charge in [-0.05, 0) is 46.2 Å². The third-order valence-corrected chi connectivity index (χ3v) is 3.21. The van der Waals surface area contributed by atoms with Gasteiger partial charge in [-0.15, -0.1) is 0 Å². The summed E-state index contributed by atoms with van der Waals surface area (Å²) in [6.07, 6.45) is 3.85. The number of nitrogens with zero attached hydrogens (tertiary/aromatic N) is 2. The molecule has 0 spiro atoms. The van der Waals surface area contributed by atoms with Crippen molar-refractivity contribution in [3.63, 3.8) is 0 Å². The van der Waals surface area contributed by atoms with Crippen LogP contribution in [0.1, 0.15) is 36.7 Å². The molecule has 78 valence electrons. The lowest BCUT2D eigenvalue weighted by Crippen LogP contribution is -2.31. The van der Waals surface area contributed by atoms with Gasteiger partial charge in [-0.3, -0.25) is 4.68 Å². The van der Waals surface area contributed by atoms with E-state index in [-0.39, 0.29) is 0 Å². The van der Waals surface area contributed by atoms with Gasteiger partial charge >= 0.3 is 0 Å². The maximum atomic E-state index is 4.57. The first-order valence-corrected chi connectivity index (χ1v) is 5.42. The fourth-order valence-corrected chi connectivity index (χ4v) is 2.55. The van der Waals surface area contributed by atoms with E-state index in [1.165, 1.54) is 25.0 Å². The van der Waals surface area contributed by atoms with Crippen molar-refractivity contribution in [3.8, 4) is 0 Å². The molecule has 0 aromatic carbocycles. The number of likely N-dealkylation sites (N-methyl/N-ethyl adjacent to an activating group) is 1. The Morgan fingerprint density at radius 2 is 2.21 bits per heavy atom. The molecule has 1 aliphatic carbocycles. The van der Waals surface area contributed by atoms with E-state index < -0.39 is 0 Å². The monoisotopic (exact) mass is 193 g/mol. The molecule has 3 heteroatoms. The van der Waals surface area contributed by atoms with Crippen LogP contribution in [0.4, 0.5) is 0 Å². The standard InChI is InChI=1S/C11H19N3/c1-8-7-9(2)14(13-8)11-6-4-5-10(11)12-3/h7,10-12H,4-6H2,1-3H3. The molecule has 1 N–H and O–H groups in total. The summed E-state index contributed by atoms with van der Waals surface area (Å²) in [4.78, 5) is 0. The normalized spacial score (nSPS) is 27.1. The van der Waals surface area contributed by atoms with Crippen LogP contribution in [0.2, 0.25) is 0 Å². The van der Waals surface area contributed by atoms with Gasteiger partial charge in [0, 0.05) is 11.7 Å². The van der Waals surface area contributed by atoms with Gasteiger partial charge in [-0.1, -0.05) is 0 Å². The molecule has 1 aromatic rings. The highest BCUT2D eigenvalue weighted by molar-refractivity contribution is 5.09. The Balaban J connectivity index is 2.25. The van der Waals surface area contributed by atoms with Crippen molar-refractivity contribution >= 4 is 0 Å². The minimum atomic E-state index is 0.564. The highest BCUT2D eigenvalue weighted by atomic mass is 15.3. The summed E-state index contributed by atoms with van der Waals surface area (Å²) in [5, 5.41) is 7.96. The molecule has 0 radical (unpaired) electrons. The van der Waals surface area contributed by atoms with Crippen LogP contribution in [0.5, 0.6) is 0 Å². The number of aryl methyl sites for hydroxylation is 2. The van der Waals surface area contributed by atoms with Gasteiger partial charge < -0.3 is 5.32 Å². The third-order valence-electron chi connectivity index (χ3n) is 3.21. The lowest BCUT2D eigenvalue weighted by Gasteiger charge is -2.20. The van der Waals surface area contributed by atoms with Gasteiger partial charge in [0.1, 0.15) is 0 Å². The zero-order valence-electron chi connectivity index (χ0n) is 9.25. The first kappa shape index (κ1) is 9.71. The van der Waals surface area contributed by atoms with E-state index in [4.69, 9.17) is 0 Å². The number of nitrogens with one attached hydrogen (secondary N) is 1. The van der Waals surface area contributed by atoms with Crippen LogP contribution in [0.3, 0.4) is 0 Å². The molecular formula is C11H19N3.